The number of aliphatic imine (C=N–C) groups is 1. The predicted octanol–water partition coefficient (Wildman–Crippen LogP) is 3.98. The lowest BCUT2D eigenvalue weighted by Crippen LogP contribution is -2.39. The second-order valence-electron chi connectivity index (χ2n) is 5.30. The molecule has 0 aliphatic rings. The molecule has 0 atom stereocenters. The summed E-state index contributed by atoms with van der Waals surface area (Å²) in [5.74, 6) is 0.817. The van der Waals surface area contributed by atoms with Crippen molar-refractivity contribution in [1.29, 1.82) is 0 Å². The van der Waals surface area contributed by atoms with Gasteiger partial charge >= 0.3 is 0 Å². The molecule has 0 amide bonds. The van der Waals surface area contributed by atoms with E-state index >= 15 is 0 Å². The summed E-state index contributed by atoms with van der Waals surface area (Å²) in [7, 11) is 1.78. The van der Waals surface area contributed by atoms with E-state index in [0.717, 1.165) is 42.6 Å². The highest BCUT2D eigenvalue weighted by atomic mass is 127. The lowest BCUT2D eigenvalue weighted by Gasteiger charge is -2.11. The molecule has 0 bridgehead atoms. The van der Waals surface area contributed by atoms with Crippen LogP contribution in [-0.4, -0.2) is 31.1 Å². The number of hydrogen-bond donors (Lipinski definition) is 2. The third kappa shape index (κ3) is 6.94. The van der Waals surface area contributed by atoms with Crippen molar-refractivity contribution >= 4 is 52.9 Å². The number of aryl methyl sites for hydroxylation is 2. The quantitative estimate of drug-likeness (QED) is 0.375. The Morgan fingerprint density at radius 1 is 1.21 bits per heavy atom. The molecule has 0 fully saturated rings. The Morgan fingerprint density at radius 3 is 2.50 bits per heavy atom. The highest BCUT2D eigenvalue weighted by molar-refractivity contribution is 14.0. The molecule has 2 N–H and O–H groups in total. The summed E-state index contributed by atoms with van der Waals surface area (Å²) >= 11 is 7.76. The first-order valence-electron chi connectivity index (χ1n) is 7.70. The highest BCUT2D eigenvalue weighted by Gasteiger charge is 2.04. The van der Waals surface area contributed by atoms with Crippen LogP contribution in [0.1, 0.15) is 21.1 Å². The van der Waals surface area contributed by atoms with Crippen molar-refractivity contribution in [3.8, 4) is 0 Å². The molecule has 1 aromatic carbocycles. The maximum Gasteiger partial charge on any atom is 0.191 e. The molecule has 0 radical (unpaired) electrons. The molecule has 0 unspecified atom stereocenters. The molecule has 2 rings (SSSR count). The summed E-state index contributed by atoms with van der Waals surface area (Å²) in [6.07, 6.45) is 1.82. The molecular formula is C17H24ClIN4S. The maximum atomic E-state index is 5.99. The Kier molecular flexibility index (Phi) is 9.61. The van der Waals surface area contributed by atoms with E-state index < -0.39 is 0 Å². The van der Waals surface area contributed by atoms with Gasteiger partial charge in [-0.25, -0.2) is 4.98 Å². The zero-order chi connectivity index (χ0) is 16.7. The number of halogens is 2. The summed E-state index contributed by atoms with van der Waals surface area (Å²) < 4.78 is 0. The van der Waals surface area contributed by atoms with E-state index in [1.54, 1.807) is 18.4 Å². The Bertz CT molecular complexity index is 653. The SMILES string of the molecule is CN=C(NCCc1cccc(Cl)c1)NCCc1nc(C)c(C)s1.I. The summed E-state index contributed by atoms with van der Waals surface area (Å²) in [6, 6.07) is 7.94. The number of guanidine groups is 1. The van der Waals surface area contributed by atoms with Crippen LogP contribution in [0.15, 0.2) is 29.3 Å². The van der Waals surface area contributed by atoms with Crippen molar-refractivity contribution in [3.05, 3.63) is 50.4 Å². The first kappa shape index (κ1) is 21.2. The van der Waals surface area contributed by atoms with Gasteiger partial charge in [0.05, 0.1) is 10.7 Å². The van der Waals surface area contributed by atoms with Gasteiger partial charge in [-0.1, -0.05) is 23.7 Å². The first-order valence-corrected chi connectivity index (χ1v) is 8.90. The van der Waals surface area contributed by atoms with Gasteiger partial charge in [-0.15, -0.1) is 35.3 Å². The number of nitrogens with one attached hydrogen (secondary N) is 2. The highest BCUT2D eigenvalue weighted by Crippen LogP contribution is 2.16. The summed E-state index contributed by atoms with van der Waals surface area (Å²) in [5.41, 5.74) is 2.35. The van der Waals surface area contributed by atoms with Gasteiger partial charge in [0.1, 0.15) is 0 Å². The van der Waals surface area contributed by atoms with E-state index in [2.05, 4.69) is 40.5 Å². The number of nitrogens with zero attached hydrogens (tertiary/aromatic N) is 2. The van der Waals surface area contributed by atoms with Crippen LogP contribution in [-0.2, 0) is 12.8 Å². The Morgan fingerprint density at radius 2 is 1.92 bits per heavy atom. The minimum Gasteiger partial charge on any atom is -0.356 e. The lowest BCUT2D eigenvalue weighted by molar-refractivity contribution is 0.781. The van der Waals surface area contributed by atoms with Crippen molar-refractivity contribution in [2.45, 2.75) is 26.7 Å². The molecule has 1 aromatic heterocycles. The molecule has 0 saturated carbocycles. The third-order valence-electron chi connectivity index (χ3n) is 3.52. The summed E-state index contributed by atoms with van der Waals surface area (Å²) in [4.78, 5) is 10.1. The molecule has 2 aromatic rings. The first-order chi connectivity index (χ1) is 11.1. The zero-order valence-electron chi connectivity index (χ0n) is 14.2. The van der Waals surface area contributed by atoms with Gasteiger partial charge < -0.3 is 10.6 Å². The minimum atomic E-state index is 0. The van der Waals surface area contributed by atoms with Crippen LogP contribution in [0.25, 0.3) is 0 Å². The molecular weight excluding hydrogens is 455 g/mol. The maximum absolute atomic E-state index is 5.99. The van der Waals surface area contributed by atoms with E-state index in [-0.39, 0.29) is 24.0 Å². The van der Waals surface area contributed by atoms with E-state index in [9.17, 15) is 0 Å². The van der Waals surface area contributed by atoms with Crippen LogP contribution in [0.3, 0.4) is 0 Å². The second-order valence-corrected chi connectivity index (χ2v) is 7.03. The molecule has 0 spiro atoms. The Labute approximate surface area is 170 Å². The molecule has 0 aliphatic heterocycles. The zero-order valence-corrected chi connectivity index (χ0v) is 18.1. The fraction of sp³-hybridized carbons (Fsp3) is 0.412. The molecule has 24 heavy (non-hydrogen) atoms. The lowest BCUT2D eigenvalue weighted by atomic mass is 10.1. The number of hydrogen-bond acceptors (Lipinski definition) is 3. The minimum absolute atomic E-state index is 0. The number of aromatic nitrogens is 1. The second kappa shape index (κ2) is 10.9. The summed E-state index contributed by atoms with van der Waals surface area (Å²) in [5, 5.41) is 8.59. The monoisotopic (exact) mass is 478 g/mol. The molecule has 7 heteroatoms. The van der Waals surface area contributed by atoms with E-state index in [1.807, 2.05) is 18.2 Å². The molecule has 0 aliphatic carbocycles. The van der Waals surface area contributed by atoms with Crippen molar-refractivity contribution in [1.82, 2.24) is 15.6 Å². The van der Waals surface area contributed by atoms with E-state index in [1.165, 1.54) is 15.4 Å². The van der Waals surface area contributed by atoms with Crippen LogP contribution in [0.4, 0.5) is 0 Å². The van der Waals surface area contributed by atoms with Gasteiger partial charge in [0.2, 0.25) is 0 Å². The Hall–Kier alpha value is -0.860. The molecule has 1 heterocycles. The van der Waals surface area contributed by atoms with Crippen molar-refractivity contribution < 1.29 is 0 Å². The van der Waals surface area contributed by atoms with E-state index in [0.29, 0.717) is 0 Å². The predicted molar refractivity (Wildman–Crippen MR) is 115 cm³/mol. The number of thiazole rings is 1. The molecule has 4 nitrogen and oxygen atoms in total. The molecule has 132 valence electrons. The van der Waals surface area contributed by atoms with Crippen LogP contribution >= 0.6 is 46.9 Å². The Balaban J connectivity index is 0.00000288. The van der Waals surface area contributed by atoms with Gasteiger partial charge in [-0.3, -0.25) is 4.99 Å². The van der Waals surface area contributed by atoms with Crippen LogP contribution in [0.5, 0.6) is 0 Å². The van der Waals surface area contributed by atoms with Gasteiger partial charge in [0.25, 0.3) is 0 Å². The average Bonchev–Trinajstić information content (AvgIpc) is 2.84. The van der Waals surface area contributed by atoms with Crippen LogP contribution < -0.4 is 10.6 Å². The largest absolute Gasteiger partial charge is 0.356 e. The van der Waals surface area contributed by atoms with E-state index in [4.69, 9.17) is 11.6 Å². The average molecular weight is 479 g/mol. The van der Waals surface area contributed by atoms with Gasteiger partial charge in [0.15, 0.2) is 5.96 Å². The van der Waals surface area contributed by atoms with Crippen LogP contribution in [0, 0.1) is 13.8 Å². The number of benzene rings is 1. The third-order valence-corrected chi connectivity index (χ3v) is 4.89. The fourth-order valence-corrected chi connectivity index (χ4v) is 3.32. The smallest absolute Gasteiger partial charge is 0.191 e. The van der Waals surface area contributed by atoms with Crippen molar-refractivity contribution in [2.24, 2.45) is 4.99 Å². The van der Waals surface area contributed by atoms with Gasteiger partial charge in [0, 0.05) is 36.5 Å². The fourth-order valence-electron chi connectivity index (χ4n) is 2.17. The normalized spacial score (nSPS) is 11.1. The van der Waals surface area contributed by atoms with Crippen LogP contribution in [0.2, 0.25) is 5.02 Å². The summed E-state index contributed by atoms with van der Waals surface area (Å²) in [6.45, 7) is 5.80. The van der Waals surface area contributed by atoms with Gasteiger partial charge in [-0.2, -0.15) is 0 Å². The van der Waals surface area contributed by atoms with Crippen molar-refractivity contribution in [3.63, 3.8) is 0 Å². The number of rotatable bonds is 6. The standard InChI is InChI=1S/C17H23ClN4S.HI/c1-12-13(2)23-16(22-12)8-10-21-17(19-3)20-9-7-14-5-4-6-15(18)11-14;/h4-6,11H,7-10H2,1-3H3,(H2,19,20,21);1H. The van der Waals surface area contributed by atoms with Crippen molar-refractivity contribution in [2.75, 3.05) is 20.1 Å². The molecule has 0 saturated heterocycles. The van der Waals surface area contributed by atoms with Gasteiger partial charge in [-0.05, 0) is 38.0 Å². The topological polar surface area (TPSA) is 49.3 Å².